The summed E-state index contributed by atoms with van der Waals surface area (Å²) in [6, 6.07) is 2.71. The summed E-state index contributed by atoms with van der Waals surface area (Å²) in [5.41, 5.74) is 0.785. The molecule has 0 saturated carbocycles. The van der Waals surface area contributed by atoms with Gasteiger partial charge in [-0.3, -0.25) is 14.7 Å². The zero-order valence-electron chi connectivity index (χ0n) is 8.44. The molecule has 0 unspecified atom stereocenters. The molecule has 0 saturated heterocycles. The number of carbonyl (C=O) groups is 1. The Hall–Kier alpha value is -2.44. The Balaban J connectivity index is 2.17. The topological polar surface area (TPSA) is 104 Å². The molecule has 7 nitrogen and oxygen atoms in total. The maximum absolute atomic E-state index is 11.7. The van der Waals surface area contributed by atoms with Crippen LogP contribution in [0, 0.1) is 6.92 Å². The number of anilines is 1. The molecule has 0 fully saturated rings. The Morgan fingerprint density at radius 3 is 2.75 bits per heavy atom. The summed E-state index contributed by atoms with van der Waals surface area (Å²) in [6.45, 7) is 1.74. The monoisotopic (exact) mass is 219 g/mol. The average Bonchev–Trinajstić information content (AvgIpc) is 2.68. The average molecular weight is 219 g/mol. The maximum Gasteiger partial charge on any atom is 0.264 e. The molecule has 7 heteroatoms. The highest BCUT2D eigenvalue weighted by atomic mass is 16.2. The first-order valence-electron chi connectivity index (χ1n) is 4.54. The molecule has 0 aromatic carbocycles. The summed E-state index contributed by atoms with van der Waals surface area (Å²) < 4.78 is 0. The van der Waals surface area contributed by atoms with Gasteiger partial charge in [-0.2, -0.15) is 10.2 Å². The van der Waals surface area contributed by atoms with Crippen molar-refractivity contribution in [2.45, 2.75) is 6.92 Å². The SMILES string of the molecule is Cc1[nH]ncc1C(=O)Nc1ccc(=O)[nH]n1. The van der Waals surface area contributed by atoms with E-state index in [1.807, 2.05) is 0 Å². The Bertz CT molecular complexity index is 551. The van der Waals surface area contributed by atoms with Gasteiger partial charge in [-0.25, -0.2) is 5.10 Å². The van der Waals surface area contributed by atoms with Crippen LogP contribution in [0.25, 0.3) is 0 Å². The van der Waals surface area contributed by atoms with Crippen LogP contribution < -0.4 is 10.9 Å². The fraction of sp³-hybridized carbons (Fsp3) is 0.111. The van der Waals surface area contributed by atoms with Crippen molar-refractivity contribution in [1.29, 1.82) is 0 Å². The highest BCUT2D eigenvalue weighted by Crippen LogP contribution is 2.06. The van der Waals surface area contributed by atoms with Crippen molar-refractivity contribution < 1.29 is 4.79 Å². The number of hydrogen-bond donors (Lipinski definition) is 3. The highest BCUT2D eigenvalue weighted by molar-refractivity contribution is 6.04. The van der Waals surface area contributed by atoms with Gasteiger partial charge in [0.15, 0.2) is 5.82 Å². The molecule has 0 aliphatic carbocycles. The molecule has 0 spiro atoms. The summed E-state index contributed by atoms with van der Waals surface area (Å²) in [4.78, 5) is 22.4. The zero-order chi connectivity index (χ0) is 11.5. The molecule has 0 bridgehead atoms. The fourth-order valence-corrected chi connectivity index (χ4v) is 1.18. The molecule has 2 aromatic heterocycles. The first-order valence-corrected chi connectivity index (χ1v) is 4.54. The van der Waals surface area contributed by atoms with Crippen molar-refractivity contribution in [2.24, 2.45) is 0 Å². The van der Waals surface area contributed by atoms with Crippen molar-refractivity contribution in [2.75, 3.05) is 5.32 Å². The van der Waals surface area contributed by atoms with Crippen molar-refractivity contribution in [3.05, 3.63) is 39.9 Å². The molecule has 2 heterocycles. The summed E-state index contributed by atoms with van der Waals surface area (Å²) in [5.74, 6) is -0.0454. The summed E-state index contributed by atoms with van der Waals surface area (Å²) in [7, 11) is 0. The molecule has 2 rings (SSSR count). The van der Waals surface area contributed by atoms with Gasteiger partial charge < -0.3 is 5.32 Å². The third-order valence-corrected chi connectivity index (χ3v) is 2.00. The van der Waals surface area contributed by atoms with E-state index >= 15 is 0 Å². The predicted octanol–water partition coefficient (Wildman–Crippen LogP) is 0.0537. The Labute approximate surface area is 89.9 Å². The summed E-state index contributed by atoms with van der Waals surface area (Å²) >= 11 is 0. The van der Waals surface area contributed by atoms with Crippen molar-refractivity contribution in [3.8, 4) is 0 Å². The van der Waals surface area contributed by atoms with Gasteiger partial charge in [0.1, 0.15) is 0 Å². The van der Waals surface area contributed by atoms with Gasteiger partial charge in [-0.15, -0.1) is 0 Å². The number of H-pyrrole nitrogens is 2. The molecule has 16 heavy (non-hydrogen) atoms. The third kappa shape index (κ3) is 1.97. The third-order valence-electron chi connectivity index (χ3n) is 2.00. The van der Waals surface area contributed by atoms with Crippen LogP contribution in [0.2, 0.25) is 0 Å². The molecular weight excluding hydrogens is 210 g/mol. The quantitative estimate of drug-likeness (QED) is 0.664. The standard InChI is InChI=1S/C9H9N5O2/c1-5-6(4-10-12-5)9(16)11-7-2-3-8(15)14-13-7/h2-4H,1H3,(H,10,12)(H,14,15)(H,11,13,16). The van der Waals surface area contributed by atoms with Crippen molar-refractivity contribution >= 4 is 11.7 Å². The van der Waals surface area contributed by atoms with E-state index < -0.39 is 0 Å². The lowest BCUT2D eigenvalue weighted by molar-refractivity contribution is 0.102. The lowest BCUT2D eigenvalue weighted by Crippen LogP contribution is -2.16. The fourth-order valence-electron chi connectivity index (χ4n) is 1.18. The van der Waals surface area contributed by atoms with Crippen LogP contribution in [0.15, 0.2) is 23.1 Å². The number of carbonyl (C=O) groups excluding carboxylic acids is 1. The van der Waals surface area contributed by atoms with Crippen molar-refractivity contribution in [1.82, 2.24) is 20.4 Å². The highest BCUT2D eigenvalue weighted by Gasteiger charge is 2.11. The van der Waals surface area contributed by atoms with Crippen LogP contribution in [0.1, 0.15) is 16.1 Å². The zero-order valence-corrected chi connectivity index (χ0v) is 8.44. The van der Waals surface area contributed by atoms with Gasteiger partial charge >= 0.3 is 0 Å². The number of aromatic amines is 2. The largest absolute Gasteiger partial charge is 0.305 e. The van der Waals surface area contributed by atoms with Gasteiger partial charge in [0.25, 0.3) is 11.5 Å². The summed E-state index contributed by atoms with van der Waals surface area (Å²) in [5, 5.41) is 14.8. The Kier molecular flexibility index (Phi) is 2.50. The molecule has 0 radical (unpaired) electrons. The van der Waals surface area contributed by atoms with Gasteiger partial charge in [0.2, 0.25) is 0 Å². The molecule has 1 amide bonds. The van der Waals surface area contributed by atoms with Crippen molar-refractivity contribution in [3.63, 3.8) is 0 Å². The van der Waals surface area contributed by atoms with E-state index in [-0.39, 0.29) is 17.3 Å². The van der Waals surface area contributed by atoms with E-state index in [1.54, 1.807) is 6.92 Å². The van der Waals surface area contributed by atoms with Crippen LogP contribution in [-0.2, 0) is 0 Å². The van der Waals surface area contributed by atoms with E-state index in [1.165, 1.54) is 18.3 Å². The number of hydrogen-bond acceptors (Lipinski definition) is 4. The number of amides is 1. The molecule has 0 aliphatic heterocycles. The van der Waals surface area contributed by atoms with Crippen LogP contribution in [0.4, 0.5) is 5.82 Å². The number of aryl methyl sites for hydroxylation is 1. The van der Waals surface area contributed by atoms with E-state index in [0.717, 1.165) is 0 Å². The predicted molar refractivity (Wildman–Crippen MR) is 56.1 cm³/mol. The van der Waals surface area contributed by atoms with Gasteiger partial charge in [0.05, 0.1) is 11.8 Å². The molecular formula is C9H9N5O2. The first-order chi connectivity index (χ1) is 7.66. The molecule has 82 valence electrons. The van der Waals surface area contributed by atoms with Crippen LogP contribution in [-0.4, -0.2) is 26.3 Å². The maximum atomic E-state index is 11.7. The smallest absolute Gasteiger partial charge is 0.264 e. The first kappa shape index (κ1) is 10.1. The lowest BCUT2D eigenvalue weighted by Gasteiger charge is -2.01. The number of nitrogens with zero attached hydrogens (tertiary/aromatic N) is 2. The van der Waals surface area contributed by atoms with Gasteiger partial charge in [-0.05, 0) is 13.0 Å². The van der Waals surface area contributed by atoms with E-state index in [0.29, 0.717) is 11.3 Å². The normalized spacial score (nSPS) is 10.1. The van der Waals surface area contributed by atoms with Crippen LogP contribution >= 0.6 is 0 Å². The van der Waals surface area contributed by atoms with E-state index in [4.69, 9.17) is 0 Å². The minimum atomic E-state index is -0.328. The molecule has 0 atom stereocenters. The van der Waals surface area contributed by atoms with E-state index in [2.05, 4.69) is 25.7 Å². The second kappa shape index (κ2) is 3.97. The Morgan fingerprint density at radius 2 is 2.19 bits per heavy atom. The lowest BCUT2D eigenvalue weighted by atomic mass is 10.2. The minimum absolute atomic E-state index is 0.283. The van der Waals surface area contributed by atoms with E-state index in [9.17, 15) is 9.59 Å². The second-order valence-corrected chi connectivity index (χ2v) is 3.17. The number of nitrogens with one attached hydrogen (secondary N) is 3. The minimum Gasteiger partial charge on any atom is -0.305 e. The number of aromatic nitrogens is 4. The second-order valence-electron chi connectivity index (χ2n) is 3.17. The van der Waals surface area contributed by atoms with Crippen LogP contribution in [0.3, 0.4) is 0 Å². The molecule has 2 aromatic rings. The Morgan fingerprint density at radius 1 is 1.38 bits per heavy atom. The van der Waals surface area contributed by atoms with Crippen LogP contribution in [0.5, 0.6) is 0 Å². The summed E-state index contributed by atoms with van der Waals surface area (Å²) in [6.07, 6.45) is 1.43. The molecule has 0 aliphatic rings. The van der Waals surface area contributed by atoms with Gasteiger partial charge in [0, 0.05) is 11.8 Å². The molecule has 3 N–H and O–H groups in total. The number of rotatable bonds is 2. The van der Waals surface area contributed by atoms with Gasteiger partial charge in [-0.1, -0.05) is 0 Å².